The van der Waals surface area contributed by atoms with Crippen molar-refractivity contribution in [2.24, 2.45) is 11.1 Å². The molecule has 0 aromatic heterocycles. The van der Waals surface area contributed by atoms with E-state index in [4.69, 9.17) is 5.73 Å². The molecule has 1 aliphatic heterocycles. The number of carbonyl (C=O) groups is 2. The molecule has 2 amide bonds. The molecule has 0 unspecified atom stereocenters. The van der Waals surface area contributed by atoms with Crippen LogP contribution in [0.1, 0.15) is 40.0 Å². The van der Waals surface area contributed by atoms with Crippen LogP contribution in [0.4, 0.5) is 0 Å². The lowest BCUT2D eigenvalue weighted by Crippen LogP contribution is -2.49. The third-order valence-electron chi connectivity index (χ3n) is 4.47. The quantitative estimate of drug-likeness (QED) is 0.810. The summed E-state index contributed by atoms with van der Waals surface area (Å²) in [5, 5.41) is 0. The van der Waals surface area contributed by atoms with E-state index in [2.05, 4.69) is 0 Å². The maximum Gasteiger partial charge on any atom is 0.245 e. The van der Waals surface area contributed by atoms with Crippen molar-refractivity contribution >= 4 is 11.8 Å². The van der Waals surface area contributed by atoms with Crippen LogP contribution in [-0.2, 0) is 9.59 Å². The minimum atomic E-state index is -0.347. The first-order chi connectivity index (χ1) is 8.92. The lowest BCUT2D eigenvalue weighted by atomic mass is 10.1. The maximum atomic E-state index is 12.5. The normalized spacial score (nSPS) is 28.3. The average Bonchev–Trinajstić information content (AvgIpc) is 3.01. The van der Waals surface area contributed by atoms with Gasteiger partial charge in [0.25, 0.3) is 0 Å². The number of carbonyl (C=O) groups excluding carboxylic acids is 2. The Kier molecular flexibility index (Phi) is 3.85. The van der Waals surface area contributed by atoms with Crippen LogP contribution in [0.5, 0.6) is 0 Å². The fourth-order valence-electron chi connectivity index (χ4n) is 2.82. The van der Waals surface area contributed by atoms with E-state index < -0.39 is 0 Å². The summed E-state index contributed by atoms with van der Waals surface area (Å²) in [5.74, 6) is 0.168. The van der Waals surface area contributed by atoms with Crippen molar-refractivity contribution in [1.29, 1.82) is 0 Å². The number of nitrogens with two attached hydrogens (primary N) is 1. The first kappa shape index (κ1) is 14.3. The summed E-state index contributed by atoms with van der Waals surface area (Å²) >= 11 is 0. The van der Waals surface area contributed by atoms with Crippen molar-refractivity contribution in [2.75, 3.05) is 19.6 Å². The number of likely N-dealkylation sites (N-methyl/N-ethyl adjacent to an activating group) is 1. The minimum absolute atomic E-state index is 0.0514. The molecule has 2 aliphatic rings. The summed E-state index contributed by atoms with van der Waals surface area (Å²) in [6, 6.07) is -0.421. The van der Waals surface area contributed by atoms with Crippen LogP contribution >= 0.6 is 0 Å². The zero-order valence-electron chi connectivity index (χ0n) is 12.2. The molecule has 2 fully saturated rings. The van der Waals surface area contributed by atoms with E-state index in [0.717, 1.165) is 12.8 Å². The molecule has 108 valence electrons. The van der Waals surface area contributed by atoms with Crippen molar-refractivity contribution in [2.45, 2.75) is 52.1 Å². The average molecular weight is 267 g/mol. The van der Waals surface area contributed by atoms with Crippen LogP contribution in [0, 0.1) is 5.41 Å². The standard InChI is InChI=1S/C14H25N3O2/c1-4-16(5-2)12(18)11-8-10(15)9-17(11)13(19)14(3)6-7-14/h10-11H,4-9,15H2,1-3H3/t10-,11+/m1/s1. The van der Waals surface area contributed by atoms with Crippen LogP contribution in [-0.4, -0.2) is 53.3 Å². The van der Waals surface area contributed by atoms with Crippen LogP contribution in [0.25, 0.3) is 0 Å². The third-order valence-corrected chi connectivity index (χ3v) is 4.47. The number of rotatable bonds is 4. The van der Waals surface area contributed by atoms with Gasteiger partial charge in [-0.2, -0.15) is 0 Å². The van der Waals surface area contributed by atoms with E-state index in [1.807, 2.05) is 20.8 Å². The molecule has 0 aromatic carbocycles. The second-order valence-corrected chi connectivity index (χ2v) is 6.04. The lowest BCUT2D eigenvalue weighted by Gasteiger charge is -2.30. The molecule has 2 N–H and O–H groups in total. The van der Waals surface area contributed by atoms with E-state index >= 15 is 0 Å². The highest BCUT2D eigenvalue weighted by molar-refractivity contribution is 5.92. The van der Waals surface area contributed by atoms with Gasteiger partial charge in [0.1, 0.15) is 6.04 Å². The predicted octanol–water partition coefficient (Wildman–Crippen LogP) is 0.583. The monoisotopic (exact) mass is 267 g/mol. The summed E-state index contributed by atoms with van der Waals surface area (Å²) in [6.45, 7) is 7.79. The Labute approximate surface area is 115 Å². The fraction of sp³-hybridized carbons (Fsp3) is 0.857. The van der Waals surface area contributed by atoms with Gasteiger partial charge < -0.3 is 15.5 Å². The van der Waals surface area contributed by atoms with E-state index in [1.165, 1.54) is 0 Å². The Morgan fingerprint density at radius 1 is 1.32 bits per heavy atom. The molecule has 0 bridgehead atoms. The third kappa shape index (κ3) is 2.61. The number of hydrogen-bond donors (Lipinski definition) is 1. The van der Waals surface area contributed by atoms with E-state index in [0.29, 0.717) is 26.1 Å². The van der Waals surface area contributed by atoms with Gasteiger partial charge in [0.05, 0.1) is 0 Å². The predicted molar refractivity (Wildman–Crippen MR) is 73.4 cm³/mol. The fourth-order valence-corrected chi connectivity index (χ4v) is 2.82. The summed E-state index contributed by atoms with van der Waals surface area (Å²) < 4.78 is 0. The molecule has 2 rings (SSSR count). The van der Waals surface area contributed by atoms with Gasteiger partial charge in [-0.3, -0.25) is 9.59 Å². The highest BCUT2D eigenvalue weighted by Crippen LogP contribution is 2.47. The second-order valence-electron chi connectivity index (χ2n) is 6.04. The Morgan fingerprint density at radius 3 is 2.37 bits per heavy atom. The molecule has 1 aliphatic carbocycles. The summed E-state index contributed by atoms with van der Waals surface area (Å²) in [7, 11) is 0. The second kappa shape index (κ2) is 5.12. The Morgan fingerprint density at radius 2 is 1.89 bits per heavy atom. The lowest BCUT2D eigenvalue weighted by molar-refractivity contribution is -0.146. The molecule has 1 saturated heterocycles. The summed E-state index contributed by atoms with van der Waals surface area (Å²) in [4.78, 5) is 28.5. The molecule has 0 aromatic rings. The van der Waals surface area contributed by atoms with Crippen LogP contribution < -0.4 is 5.73 Å². The van der Waals surface area contributed by atoms with Gasteiger partial charge in [-0.25, -0.2) is 0 Å². The van der Waals surface area contributed by atoms with Crippen molar-refractivity contribution in [3.63, 3.8) is 0 Å². The molecule has 19 heavy (non-hydrogen) atoms. The molecule has 1 heterocycles. The molecule has 5 heteroatoms. The Balaban J connectivity index is 2.13. The van der Waals surface area contributed by atoms with Gasteiger partial charge in [0, 0.05) is 31.1 Å². The highest BCUT2D eigenvalue weighted by Gasteiger charge is 2.51. The van der Waals surface area contributed by atoms with Gasteiger partial charge in [-0.05, 0) is 33.1 Å². The van der Waals surface area contributed by atoms with Crippen molar-refractivity contribution < 1.29 is 9.59 Å². The molecule has 1 saturated carbocycles. The molecule has 0 spiro atoms. The van der Waals surface area contributed by atoms with Crippen molar-refractivity contribution in [3.05, 3.63) is 0 Å². The zero-order valence-corrected chi connectivity index (χ0v) is 12.2. The molecule has 2 atom stereocenters. The number of amides is 2. The van der Waals surface area contributed by atoms with Gasteiger partial charge in [-0.15, -0.1) is 0 Å². The summed E-state index contributed by atoms with van der Waals surface area (Å²) in [5.41, 5.74) is 5.74. The topological polar surface area (TPSA) is 66.6 Å². The molecule has 5 nitrogen and oxygen atoms in total. The van der Waals surface area contributed by atoms with E-state index in [1.54, 1.807) is 9.80 Å². The Hall–Kier alpha value is -1.10. The van der Waals surface area contributed by atoms with Gasteiger partial charge in [0.2, 0.25) is 11.8 Å². The van der Waals surface area contributed by atoms with Gasteiger partial charge in [-0.1, -0.05) is 6.92 Å². The van der Waals surface area contributed by atoms with Crippen LogP contribution in [0.3, 0.4) is 0 Å². The molecular weight excluding hydrogens is 242 g/mol. The van der Waals surface area contributed by atoms with Crippen LogP contribution in [0.15, 0.2) is 0 Å². The number of hydrogen-bond acceptors (Lipinski definition) is 3. The SMILES string of the molecule is CCN(CC)C(=O)[C@@H]1C[C@@H](N)CN1C(=O)C1(C)CC1. The first-order valence-electron chi connectivity index (χ1n) is 7.28. The number of likely N-dealkylation sites (tertiary alicyclic amines) is 1. The van der Waals surface area contributed by atoms with Crippen molar-refractivity contribution in [1.82, 2.24) is 9.80 Å². The van der Waals surface area contributed by atoms with Gasteiger partial charge >= 0.3 is 0 Å². The largest absolute Gasteiger partial charge is 0.341 e. The summed E-state index contributed by atoms with van der Waals surface area (Å²) in [6.07, 6.45) is 2.46. The molecular formula is C14H25N3O2. The van der Waals surface area contributed by atoms with E-state index in [-0.39, 0.29) is 29.3 Å². The van der Waals surface area contributed by atoms with E-state index in [9.17, 15) is 9.59 Å². The Bertz CT molecular complexity index is 375. The molecule has 0 radical (unpaired) electrons. The van der Waals surface area contributed by atoms with Gasteiger partial charge in [0.15, 0.2) is 0 Å². The minimum Gasteiger partial charge on any atom is -0.341 e. The highest BCUT2D eigenvalue weighted by atomic mass is 16.2. The zero-order chi connectivity index (χ0) is 14.2. The van der Waals surface area contributed by atoms with Crippen molar-refractivity contribution in [3.8, 4) is 0 Å². The first-order valence-corrected chi connectivity index (χ1v) is 7.28. The van der Waals surface area contributed by atoms with Crippen LogP contribution in [0.2, 0.25) is 0 Å². The smallest absolute Gasteiger partial charge is 0.245 e. The number of nitrogens with zero attached hydrogens (tertiary/aromatic N) is 2. The maximum absolute atomic E-state index is 12.5.